The second kappa shape index (κ2) is 5.50. The first-order valence-electron chi connectivity index (χ1n) is 5.78. The highest BCUT2D eigenvalue weighted by molar-refractivity contribution is 5.97. The van der Waals surface area contributed by atoms with Crippen molar-refractivity contribution in [3.8, 4) is 0 Å². The number of alkyl halides is 3. The molecule has 0 aliphatic heterocycles. The molecule has 5 nitrogen and oxygen atoms in total. The molecule has 1 aromatic heterocycles. The maximum atomic E-state index is 12.5. The molecule has 1 amide bonds. The van der Waals surface area contributed by atoms with Crippen molar-refractivity contribution in [2.24, 2.45) is 5.92 Å². The fourth-order valence-corrected chi connectivity index (χ4v) is 1.63. The number of H-pyrrole nitrogens is 1. The van der Waals surface area contributed by atoms with Gasteiger partial charge in [0.15, 0.2) is 5.69 Å². The summed E-state index contributed by atoms with van der Waals surface area (Å²) >= 11 is 0. The number of halogens is 3. The van der Waals surface area contributed by atoms with Gasteiger partial charge in [0.25, 0.3) is 5.91 Å². The highest BCUT2D eigenvalue weighted by Gasteiger charge is 2.34. The first-order valence-corrected chi connectivity index (χ1v) is 5.78. The Morgan fingerprint density at radius 1 is 1.47 bits per heavy atom. The second-order valence-electron chi connectivity index (χ2n) is 4.81. The Morgan fingerprint density at radius 2 is 2.05 bits per heavy atom. The predicted octanol–water partition coefficient (Wildman–Crippen LogP) is 1.96. The van der Waals surface area contributed by atoms with Crippen LogP contribution in [0.15, 0.2) is 0 Å². The molecule has 3 N–H and O–H groups in total. The molecule has 0 bridgehead atoms. The fraction of sp³-hybridized carbons (Fsp3) is 0.636. The molecule has 0 aliphatic rings. The number of carbonyl (C=O) groups is 1. The fourth-order valence-electron chi connectivity index (χ4n) is 1.63. The minimum Gasteiger partial charge on any atom is -0.395 e. The van der Waals surface area contributed by atoms with Gasteiger partial charge in [-0.05, 0) is 12.8 Å². The molecule has 1 heterocycles. The molecule has 0 saturated carbocycles. The van der Waals surface area contributed by atoms with Gasteiger partial charge in [-0.2, -0.15) is 18.3 Å². The van der Waals surface area contributed by atoms with E-state index in [1.165, 1.54) is 0 Å². The van der Waals surface area contributed by atoms with E-state index in [4.69, 9.17) is 5.73 Å². The van der Waals surface area contributed by atoms with Crippen molar-refractivity contribution in [1.29, 1.82) is 0 Å². The Hall–Kier alpha value is -1.73. The van der Waals surface area contributed by atoms with Crippen molar-refractivity contribution in [3.05, 3.63) is 11.4 Å². The average molecular weight is 278 g/mol. The second-order valence-corrected chi connectivity index (χ2v) is 4.81. The van der Waals surface area contributed by atoms with E-state index in [1.807, 2.05) is 0 Å². The van der Waals surface area contributed by atoms with Gasteiger partial charge in [0.1, 0.15) is 6.54 Å². The first kappa shape index (κ1) is 15.3. The largest absolute Gasteiger partial charge is 0.406 e. The Labute approximate surface area is 109 Å². The lowest BCUT2D eigenvalue weighted by Gasteiger charge is -2.25. The lowest BCUT2D eigenvalue weighted by atomic mass is 10.2. The number of hydrogen-bond donors (Lipinski definition) is 2. The van der Waals surface area contributed by atoms with Gasteiger partial charge in [-0.1, -0.05) is 13.8 Å². The van der Waals surface area contributed by atoms with E-state index in [0.717, 1.165) is 4.90 Å². The molecule has 0 atom stereocenters. The van der Waals surface area contributed by atoms with Crippen LogP contribution in [-0.2, 0) is 0 Å². The third-order valence-electron chi connectivity index (χ3n) is 2.44. The maximum Gasteiger partial charge on any atom is 0.406 e. The Morgan fingerprint density at radius 3 is 2.42 bits per heavy atom. The Kier molecular flexibility index (Phi) is 4.43. The zero-order valence-corrected chi connectivity index (χ0v) is 11.0. The van der Waals surface area contributed by atoms with E-state index < -0.39 is 18.6 Å². The van der Waals surface area contributed by atoms with Crippen molar-refractivity contribution < 1.29 is 18.0 Å². The summed E-state index contributed by atoms with van der Waals surface area (Å²) in [5, 5.41) is 6.15. The molecular weight excluding hydrogens is 261 g/mol. The van der Waals surface area contributed by atoms with Crippen LogP contribution in [0, 0.1) is 12.8 Å². The minimum atomic E-state index is -4.45. The first-order chi connectivity index (χ1) is 8.61. The van der Waals surface area contributed by atoms with Crippen molar-refractivity contribution >= 4 is 11.6 Å². The van der Waals surface area contributed by atoms with E-state index in [2.05, 4.69) is 10.2 Å². The molecular formula is C11H17F3N4O. The van der Waals surface area contributed by atoms with Crippen LogP contribution >= 0.6 is 0 Å². The van der Waals surface area contributed by atoms with Crippen LogP contribution in [0.2, 0.25) is 0 Å². The topological polar surface area (TPSA) is 75.0 Å². The van der Waals surface area contributed by atoms with E-state index in [1.54, 1.807) is 20.8 Å². The third-order valence-corrected chi connectivity index (χ3v) is 2.44. The molecule has 8 heteroatoms. The summed E-state index contributed by atoms with van der Waals surface area (Å²) in [6, 6.07) is 0. The monoisotopic (exact) mass is 278 g/mol. The number of amides is 1. The number of nitrogens with two attached hydrogens (primary N) is 1. The standard InChI is InChI=1S/C11H17F3N4O/c1-6(2)4-18(5-11(12,13)14)10(19)9-8(15)7(3)16-17-9/h6H,4-5,15H2,1-3H3,(H,16,17). The number of aromatic amines is 1. The Bertz CT molecular complexity index is 453. The van der Waals surface area contributed by atoms with Gasteiger partial charge in [0.05, 0.1) is 11.4 Å². The molecule has 0 spiro atoms. The summed E-state index contributed by atoms with van der Waals surface area (Å²) in [6.45, 7) is 3.74. The van der Waals surface area contributed by atoms with E-state index in [0.29, 0.717) is 5.69 Å². The molecule has 0 aliphatic carbocycles. The zero-order valence-electron chi connectivity index (χ0n) is 11.0. The summed E-state index contributed by atoms with van der Waals surface area (Å²) in [5.74, 6) is -0.902. The highest BCUT2D eigenvalue weighted by atomic mass is 19.4. The summed E-state index contributed by atoms with van der Waals surface area (Å²) in [5.41, 5.74) is 5.99. The normalized spacial score (nSPS) is 11.9. The maximum absolute atomic E-state index is 12.5. The van der Waals surface area contributed by atoms with Crippen LogP contribution in [0.3, 0.4) is 0 Å². The van der Waals surface area contributed by atoms with Gasteiger partial charge >= 0.3 is 6.18 Å². The van der Waals surface area contributed by atoms with Gasteiger partial charge in [-0.3, -0.25) is 9.89 Å². The number of rotatable bonds is 4. The number of nitrogens with one attached hydrogen (secondary N) is 1. The van der Waals surface area contributed by atoms with Gasteiger partial charge in [-0.25, -0.2) is 0 Å². The lowest BCUT2D eigenvalue weighted by Crippen LogP contribution is -2.41. The molecule has 1 aromatic rings. The van der Waals surface area contributed by atoms with Gasteiger partial charge < -0.3 is 10.6 Å². The SMILES string of the molecule is Cc1[nH]nc(C(=O)N(CC(C)C)CC(F)(F)F)c1N. The lowest BCUT2D eigenvalue weighted by molar-refractivity contribution is -0.141. The van der Waals surface area contributed by atoms with Crippen LogP contribution in [0.25, 0.3) is 0 Å². The summed E-state index contributed by atoms with van der Waals surface area (Å²) in [7, 11) is 0. The van der Waals surface area contributed by atoms with Gasteiger partial charge in [0, 0.05) is 6.54 Å². The molecule has 19 heavy (non-hydrogen) atoms. The summed E-state index contributed by atoms with van der Waals surface area (Å²) in [6.07, 6.45) is -4.45. The number of aromatic nitrogens is 2. The molecule has 108 valence electrons. The van der Waals surface area contributed by atoms with Crippen molar-refractivity contribution in [1.82, 2.24) is 15.1 Å². The predicted molar refractivity (Wildman–Crippen MR) is 64.5 cm³/mol. The smallest absolute Gasteiger partial charge is 0.395 e. The van der Waals surface area contributed by atoms with Crippen molar-refractivity contribution in [2.75, 3.05) is 18.8 Å². The average Bonchev–Trinajstić information content (AvgIpc) is 2.55. The third kappa shape index (κ3) is 4.15. The number of aryl methyl sites for hydroxylation is 1. The summed E-state index contributed by atoms with van der Waals surface area (Å²) < 4.78 is 37.5. The van der Waals surface area contributed by atoms with Gasteiger partial charge in [0.2, 0.25) is 0 Å². The van der Waals surface area contributed by atoms with E-state index >= 15 is 0 Å². The zero-order chi connectivity index (χ0) is 14.8. The number of nitrogen functional groups attached to an aromatic ring is 1. The Balaban J connectivity index is 2.97. The summed E-state index contributed by atoms with van der Waals surface area (Å²) in [4.78, 5) is 12.8. The van der Waals surface area contributed by atoms with Crippen LogP contribution in [-0.4, -0.2) is 40.3 Å². The number of carbonyl (C=O) groups excluding carboxylic acids is 1. The van der Waals surface area contributed by atoms with Crippen LogP contribution in [0.1, 0.15) is 30.0 Å². The van der Waals surface area contributed by atoms with Gasteiger partial charge in [-0.15, -0.1) is 0 Å². The van der Waals surface area contributed by atoms with Crippen molar-refractivity contribution in [3.63, 3.8) is 0 Å². The highest BCUT2D eigenvalue weighted by Crippen LogP contribution is 2.21. The van der Waals surface area contributed by atoms with Crippen LogP contribution in [0.4, 0.5) is 18.9 Å². The number of nitrogens with zero attached hydrogens (tertiary/aromatic N) is 2. The van der Waals surface area contributed by atoms with Crippen LogP contribution in [0.5, 0.6) is 0 Å². The molecule has 0 radical (unpaired) electrons. The van der Waals surface area contributed by atoms with E-state index in [9.17, 15) is 18.0 Å². The minimum absolute atomic E-state index is 0.0102. The number of hydrogen-bond acceptors (Lipinski definition) is 3. The number of anilines is 1. The molecule has 0 fully saturated rings. The van der Waals surface area contributed by atoms with Crippen molar-refractivity contribution in [2.45, 2.75) is 26.9 Å². The quantitative estimate of drug-likeness (QED) is 0.884. The molecule has 1 rings (SSSR count). The van der Waals surface area contributed by atoms with E-state index in [-0.39, 0.29) is 23.8 Å². The van der Waals surface area contributed by atoms with Crippen LogP contribution < -0.4 is 5.73 Å². The molecule has 0 aromatic carbocycles. The molecule has 0 unspecified atom stereocenters. The molecule has 0 saturated heterocycles.